The Bertz CT molecular complexity index is 414. The van der Waals surface area contributed by atoms with Crippen LogP contribution in [0.2, 0.25) is 0 Å². The van der Waals surface area contributed by atoms with Gasteiger partial charge in [-0.15, -0.1) is 0 Å². The molecule has 1 aliphatic rings. The number of carboxylic acids is 1. The van der Waals surface area contributed by atoms with Crippen molar-refractivity contribution in [1.82, 2.24) is 9.80 Å². The number of rotatable bonds is 5. The summed E-state index contributed by atoms with van der Waals surface area (Å²) in [5, 5.41) is 8.68. The predicted octanol–water partition coefficient (Wildman–Crippen LogP) is 1.88. The molecule has 1 heterocycles. The van der Waals surface area contributed by atoms with E-state index in [-0.39, 0.29) is 6.42 Å². The fraction of sp³-hybridized carbons (Fsp3) is 0.500. The first-order chi connectivity index (χ1) is 9.13. The van der Waals surface area contributed by atoms with Crippen molar-refractivity contribution in [1.29, 1.82) is 0 Å². The van der Waals surface area contributed by atoms with Gasteiger partial charge in [-0.05, 0) is 40.3 Å². The van der Waals surface area contributed by atoms with E-state index in [9.17, 15) is 4.79 Å². The van der Waals surface area contributed by atoms with Crippen LogP contribution in [0, 0.1) is 3.57 Å². The zero-order valence-electron chi connectivity index (χ0n) is 10.9. The Morgan fingerprint density at radius 1 is 1.11 bits per heavy atom. The van der Waals surface area contributed by atoms with E-state index in [1.54, 1.807) is 0 Å². The average Bonchev–Trinajstić information content (AvgIpc) is 2.40. The van der Waals surface area contributed by atoms with E-state index >= 15 is 0 Å². The predicted molar refractivity (Wildman–Crippen MR) is 83.1 cm³/mol. The van der Waals surface area contributed by atoms with Gasteiger partial charge in [0.1, 0.15) is 0 Å². The number of carbonyl (C=O) groups is 1. The standard InChI is InChI=1S/C14H19IN2O2/c15-13-3-1-12(2-4-13)11-17-9-7-16(8-10-17)6-5-14(18)19/h1-4H,5-11H2,(H,18,19). The summed E-state index contributed by atoms with van der Waals surface area (Å²) in [5.41, 5.74) is 1.35. The Labute approximate surface area is 127 Å². The second-order valence-corrected chi connectivity index (χ2v) is 6.13. The Hall–Kier alpha value is -0.660. The summed E-state index contributed by atoms with van der Waals surface area (Å²) in [6.07, 6.45) is 0.247. The van der Waals surface area contributed by atoms with Crippen LogP contribution in [0.4, 0.5) is 0 Å². The zero-order chi connectivity index (χ0) is 13.7. The molecule has 1 aromatic rings. The largest absolute Gasteiger partial charge is 0.481 e. The molecule has 0 unspecified atom stereocenters. The minimum Gasteiger partial charge on any atom is -0.481 e. The summed E-state index contributed by atoms with van der Waals surface area (Å²) in [6, 6.07) is 8.63. The SMILES string of the molecule is O=C(O)CCN1CCN(Cc2ccc(I)cc2)CC1. The first kappa shape index (κ1) is 14.7. The maximum absolute atomic E-state index is 10.5. The second kappa shape index (κ2) is 7.21. The van der Waals surface area contributed by atoms with Crippen molar-refractivity contribution in [2.45, 2.75) is 13.0 Å². The highest BCUT2D eigenvalue weighted by atomic mass is 127. The van der Waals surface area contributed by atoms with E-state index in [1.807, 2.05) is 0 Å². The number of benzene rings is 1. The van der Waals surface area contributed by atoms with Crippen LogP contribution in [-0.2, 0) is 11.3 Å². The Morgan fingerprint density at radius 2 is 1.68 bits per heavy atom. The molecule has 1 saturated heterocycles. The number of carboxylic acid groups (broad SMARTS) is 1. The normalized spacial score (nSPS) is 17.5. The average molecular weight is 374 g/mol. The molecule has 0 radical (unpaired) electrons. The van der Waals surface area contributed by atoms with Crippen LogP contribution in [0.3, 0.4) is 0 Å². The van der Waals surface area contributed by atoms with Crippen molar-refractivity contribution in [2.24, 2.45) is 0 Å². The Balaban J connectivity index is 1.74. The lowest BCUT2D eigenvalue weighted by atomic mass is 10.2. The van der Waals surface area contributed by atoms with Crippen LogP contribution in [0.5, 0.6) is 0 Å². The van der Waals surface area contributed by atoms with Gasteiger partial charge in [0.25, 0.3) is 0 Å². The van der Waals surface area contributed by atoms with Crippen molar-refractivity contribution < 1.29 is 9.90 Å². The van der Waals surface area contributed by atoms with Crippen LogP contribution in [0.25, 0.3) is 0 Å². The molecule has 0 spiro atoms. The lowest BCUT2D eigenvalue weighted by Gasteiger charge is -2.34. The lowest BCUT2D eigenvalue weighted by molar-refractivity contribution is -0.137. The molecule has 0 aliphatic carbocycles. The number of aliphatic carboxylic acids is 1. The molecule has 0 amide bonds. The number of hydrogen-bond donors (Lipinski definition) is 1. The second-order valence-electron chi connectivity index (χ2n) is 4.89. The molecule has 0 bridgehead atoms. The van der Waals surface area contributed by atoms with Crippen LogP contribution in [-0.4, -0.2) is 53.6 Å². The van der Waals surface area contributed by atoms with Crippen LogP contribution < -0.4 is 0 Å². The summed E-state index contributed by atoms with van der Waals surface area (Å²) < 4.78 is 1.26. The monoisotopic (exact) mass is 374 g/mol. The molecule has 4 nitrogen and oxygen atoms in total. The van der Waals surface area contributed by atoms with E-state index in [0.29, 0.717) is 6.54 Å². The zero-order valence-corrected chi connectivity index (χ0v) is 13.0. The number of hydrogen-bond acceptors (Lipinski definition) is 3. The van der Waals surface area contributed by atoms with Gasteiger partial charge in [0.05, 0.1) is 6.42 Å². The minimum atomic E-state index is -0.707. The van der Waals surface area contributed by atoms with Crippen molar-refractivity contribution in [3.05, 3.63) is 33.4 Å². The molecule has 19 heavy (non-hydrogen) atoms. The lowest BCUT2D eigenvalue weighted by Crippen LogP contribution is -2.46. The van der Waals surface area contributed by atoms with E-state index in [2.05, 4.69) is 56.7 Å². The Kier molecular flexibility index (Phi) is 5.59. The van der Waals surface area contributed by atoms with Gasteiger partial charge in [-0.2, -0.15) is 0 Å². The van der Waals surface area contributed by atoms with Gasteiger partial charge >= 0.3 is 5.97 Å². The maximum atomic E-state index is 10.5. The third-order valence-electron chi connectivity index (χ3n) is 3.43. The topological polar surface area (TPSA) is 43.8 Å². The van der Waals surface area contributed by atoms with Crippen molar-refractivity contribution >= 4 is 28.6 Å². The van der Waals surface area contributed by atoms with Gasteiger partial charge in [-0.1, -0.05) is 12.1 Å². The van der Waals surface area contributed by atoms with Crippen molar-refractivity contribution in [2.75, 3.05) is 32.7 Å². The smallest absolute Gasteiger partial charge is 0.304 e. The molecule has 0 atom stereocenters. The fourth-order valence-electron chi connectivity index (χ4n) is 2.27. The van der Waals surface area contributed by atoms with E-state index in [4.69, 9.17) is 5.11 Å². The fourth-order valence-corrected chi connectivity index (χ4v) is 2.63. The molecular weight excluding hydrogens is 355 g/mol. The third kappa shape index (κ3) is 5.08. The van der Waals surface area contributed by atoms with Crippen LogP contribution in [0.15, 0.2) is 24.3 Å². The number of nitrogens with zero attached hydrogens (tertiary/aromatic N) is 2. The number of piperazine rings is 1. The highest BCUT2D eigenvalue weighted by Crippen LogP contribution is 2.11. The first-order valence-corrected chi connectivity index (χ1v) is 7.62. The molecule has 104 valence electrons. The summed E-state index contributed by atoms with van der Waals surface area (Å²) in [5.74, 6) is -0.707. The quantitative estimate of drug-likeness (QED) is 0.800. The van der Waals surface area contributed by atoms with Crippen LogP contribution in [0.1, 0.15) is 12.0 Å². The van der Waals surface area contributed by atoms with Crippen molar-refractivity contribution in [3.63, 3.8) is 0 Å². The molecule has 1 N–H and O–H groups in total. The van der Waals surface area contributed by atoms with E-state index in [0.717, 1.165) is 32.7 Å². The summed E-state index contributed by atoms with van der Waals surface area (Å²) >= 11 is 2.32. The molecule has 1 aromatic carbocycles. The van der Waals surface area contributed by atoms with Crippen LogP contribution >= 0.6 is 22.6 Å². The molecule has 5 heteroatoms. The van der Waals surface area contributed by atoms with E-state index < -0.39 is 5.97 Å². The molecular formula is C14H19IN2O2. The Morgan fingerprint density at radius 3 is 2.26 bits per heavy atom. The first-order valence-electron chi connectivity index (χ1n) is 6.54. The summed E-state index contributed by atoms with van der Waals surface area (Å²) in [7, 11) is 0. The molecule has 1 aliphatic heterocycles. The highest BCUT2D eigenvalue weighted by Gasteiger charge is 2.17. The molecule has 1 fully saturated rings. The van der Waals surface area contributed by atoms with Gasteiger partial charge in [-0.25, -0.2) is 0 Å². The number of halogens is 1. The molecule has 0 aromatic heterocycles. The van der Waals surface area contributed by atoms with E-state index in [1.165, 1.54) is 9.13 Å². The van der Waals surface area contributed by atoms with Gasteiger partial charge < -0.3 is 10.0 Å². The maximum Gasteiger partial charge on any atom is 0.304 e. The minimum absolute atomic E-state index is 0.247. The van der Waals surface area contributed by atoms with Gasteiger partial charge in [0.2, 0.25) is 0 Å². The molecule has 0 saturated carbocycles. The third-order valence-corrected chi connectivity index (χ3v) is 4.15. The van der Waals surface area contributed by atoms with Gasteiger partial charge in [-0.3, -0.25) is 9.69 Å². The molecule has 2 rings (SSSR count). The highest BCUT2D eigenvalue weighted by molar-refractivity contribution is 14.1. The van der Waals surface area contributed by atoms with Gasteiger partial charge in [0.15, 0.2) is 0 Å². The summed E-state index contributed by atoms with van der Waals surface area (Å²) in [4.78, 5) is 15.2. The summed E-state index contributed by atoms with van der Waals surface area (Å²) in [6.45, 7) is 5.64. The van der Waals surface area contributed by atoms with Crippen molar-refractivity contribution in [3.8, 4) is 0 Å². The van der Waals surface area contributed by atoms with Gasteiger partial charge in [0, 0.05) is 42.8 Å².